The molecule has 0 fully saturated rings. The molecule has 20 heavy (non-hydrogen) atoms. The Bertz CT molecular complexity index is 731. The van der Waals surface area contributed by atoms with Crippen molar-refractivity contribution in [3.05, 3.63) is 41.0 Å². The van der Waals surface area contributed by atoms with Crippen LogP contribution < -0.4 is 3.96 Å². The van der Waals surface area contributed by atoms with E-state index in [-0.39, 0.29) is 0 Å². The summed E-state index contributed by atoms with van der Waals surface area (Å²) in [6, 6.07) is 11.9. The molecule has 0 amide bonds. The van der Waals surface area contributed by atoms with E-state index in [1.807, 2.05) is 37.4 Å². The highest BCUT2D eigenvalue weighted by atomic mass is 35.5. The summed E-state index contributed by atoms with van der Waals surface area (Å²) in [5.74, 6) is 0. The predicted molar refractivity (Wildman–Crippen MR) is 71.5 cm³/mol. The summed E-state index contributed by atoms with van der Waals surface area (Å²) in [7, 11) is -3.57. The number of rotatable bonds is 1. The van der Waals surface area contributed by atoms with Crippen molar-refractivity contribution in [3.8, 4) is 16.5 Å². The lowest BCUT2D eigenvalue weighted by atomic mass is 10.1. The number of hydrogen-bond acceptors (Lipinski definition) is 5. The summed E-state index contributed by atoms with van der Waals surface area (Å²) < 4.78 is 37.1. The van der Waals surface area contributed by atoms with E-state index in [4.69, 9.17) is 29.8 Å². The van der Waals surface area contributed by atoms with E-state index in [0.717, 1.165) is 10.4 Å². The fourth-order valence-electron chi connectivity index (χ4n) is 1.36. The average molecular weight is 335 g/mol. The molecule has 106 valence electrons. The van der Waals surface area contributed by atoms with Crippen molar-refractivity contribution in [1.29, 1.82) is 5.26 Å². The van der Waals surface area contributed by atoms with Crippen LogP contribution in [0.25, 0.3) is 10.4 Å². The molecule has 0 aliphatic carbocycles. The fourth-order valence-corrected chi connectivity index (χ4v) is 2.57. The van der Waals surface area contributed by atoms with Gasteiger partial charge in [-0.3, -0.25) is 0 Å². The van der Waals surface area contributed by atoms with Crippen LogP contribution in [0.3, 0.4) is 0 Å². The molecule has 2 rings (SSSR count). The number of nitrogens with zero attached hydrogens (tertiary/aromatic N) is 2. The van der Waals surface area contributed by atoms with Crippen LogP contribution in [-0.4, -0.2) is 13.0 Å². The topological polar surface area (TPSA) is 84.9 Å². The van der Waals surface area contributed by atoms with Crippen LogP contribution in [0.15, 0.2) is 30.3 Å². The van der Waals surface area contributed by atoms with Gasteiger partial charge in [0.1, 0.15) is 22.5 Å². The molecule has 0 bridgehead atoms. The zero-order valence-electron chi connectivity index (χ0n) is 10.1. The minimum absolute atomic E-state index is 0.501. The molecule has 0 N–H and O–H groups in total. The molecule has 0 aliphatic rings. The number of halogens is 2. The highest BCUT2D eigenvalue weighted by molar-refractivity contribution is 7.80. The van der Waals surface area contributed by atoms with Gasteiger partial charge in [-0.2, -0.15) is 5.26 Å². The van der Waals surface area contributed by atoms with Gasteiger partial charge < -0.3 is 4.55 Å². The first kappa shape index (κ1) is 16.5. The van der Waals surface area contributed by atoms with Crippen LogP contribution in [0.1, 0.15) is 5.56 Å². The van der Waals surface area contributed by atoms with Crippen LogP contribution in [-0.2, 0) is 17.6 Å². The van der Waals surface area contributed by atoms with Gasteiger partial charge in [0.05, 0.1) is 0 Å². The van der Waals surface area contributed by atoms with Gasteiger partial charge in [0, 0.05) is 0 Å². The van der Waals surface area contributed by atoms with Crippen LogP contribution in [0.2, 0.25) is 5.15 Å². The lowest BCUT2D eigenvalue weighted by Crippen LogP contribution is -2.22. The molecular weight excluding hydrogens is 327 g/mol. The van der Waals surface area contributed by atoms with Gasteiger partial charge in [-0.05, 0) is 17.2 Å². The number of nitriles is 1. The number of aryl methyl sites for hydroxylation is 1. The van der Waals surface area contributed by atoms with E-state index in [9.17, 15) is 3.89 Å². The fraction of sp³-hybridized carbons (Fsp3) is 0.0909. The summed E-state index contributed by atoms with van der Waals surface area (Å²) in [6.07, 6.45) is 0. The second-order valence-corrected chi connectivity index (χ2v) is 5.74. The maximum atomic E-state index is 10.1. The number of aromatic nitrogens is 1. The molecule has 9 heteroatoms. The Balaban J connectivity index is 0.000000347. The van der Waals surface area contributed by atoms with Crippen LogP contribution in [0.4, 0.5) is 3.89 Å². The molecule has 0 saturated heterocycles. The third kappa shape index (κ3) is 4.86. The van der Waals surface area contributed by atoms with E-state index in [1.165, 1.54) is 11.5 Å². The van der Waals surface area contributed by atoms with E-state index in [2.05, 4.69) is 6.07 Å². The molecule has 1 aromatic heterocycles. The Morgan fingerprint density at radius 2 is 1.90 bits per heavy atom. The maximum absolute atomic E-state index is 10.1. The highest BCUT2D eigenvalue weighted by Gasteiger charge is 2.22. The molecular formula is C11H8ClFN2O3S2. The molecule has 2 aromatic rings. The summed E-state index contributed by atoms with van der Waals surface area (Å²) in [6.45, 7) is 0. The van der Waals surface area contributed by atoms with Crippen molar-refractivity contribution in [2.75, 3.05) is 0 Å². The summed E-state index contributed by atoms with van der Waals surface area (Å²) in [5, 5.41) is 9.53. The van der Waals surface area contributed by atoms with E-state index < -0.39 is 10.5 Å². The van der Waals surface area contributed by atoms with Crippen molar-refractivity contribution in [1.82, 2.24) is 0 Å². The van der Waals surface area contributed by atoms with Crippen molar-refractivity contribution >= 4 is 33.6 Å². The molecule has 0 aliphatic heterocycles. The van der Waals surface area contributed by atoms with Gasteiger partial charge in [0.25, 0.3) is 10.5 Å². The minimum Gasteiger partial charge on any atom is -0.722 e. The van der Waals surface area contributed by atoms with Gasteiger partial charge in [0.2, 0.25) is 0 Å². The van der Waals surface area contributed by atoms with E-state index in [0.29, 0.717) is 10.7 Å². The molecule has 0 atom stereocenters. The molecule has 0 unspecified atom stereocenters. The molecule has 0 saturated carbocycles. The Kier molecular flexibility index (Phi) is 5.59. The maximum Gasteiger partial charge on any atom is 0.307 e. The third-order valence-electron chi connectivity index (χ3n) is 2.09. The van der Waals surface area contributed by atoms with Gasteiger partial charge >= 0.3 is 5.15 Å². The quantitative estimate of drug-likeness (QED) is 0.454. The van der Waals surface area contributed by atoms with Crippen molar-refractivity contribution in [2.45, 2.75) is 0 Å². The molecule has 5 nitrogen and oxygen atoms in total. The van der Waals surface area contributed by atoms with Gasteiger partial charge in [-0.15, -0.1) is 7.84 Å². The third-order valence-corrected chi connectivity index (χ3v) is 3.71. The van der Waals surface area contributed by atoms with Gasteiger partial charge in [0.15, 0.2) is 12.6 Å². The SMILES string of the molecule is C[n+]1sc(-c2ccccc2)c(C#N)c1Cl.O=S(=O)([O-])F. The second kappa shape index (κ2) is 6.76. The smallest absolute Gasteiger partial charge is 0.307 e. The monoisotopic (exact) mass is 334 g/mol. The zero-order valence-corrected chi connectivity index (χ0v) is 12.5. The Hall–Kier alpha value is -1.53. The standard InChI is InChI=1S/C11H8ClN2S.FHO3S/c1-14-11(12)9(7-13)10(15-14)8-5-3-2-4-6-8;1-5(2,3)4/h2-6H,1H3;(H,2,3,4)/q+1;/p-1. The number of hydrogen-bond donors (Lipinski definition) is 0. The largest absolute Gasteiger partial charge is 0.722 e. The average Bonchev–Trinajstić information content (AvgIpc) is 2.64. The molecule has 1 heterocycles. The molecule has 1 aromatic carbocycles. The molecule has 0 spiro atoms. The van der Waals surface area contributed by atoms with Crippen molar-refractivity contribution < 1.29 is 20.8 Å². The van der Waals surface area contributed by atoms with Crippen LogP contribution in [0, 0.1) is 11.3 Å². The first-order chi connectivity index (χ1) is 9.24. The first-order valence-electron chi connectivity index (χ1n) is 5.04. The van der Waals surface area contributed by atoms with Crippen molar-refractivity contribution in [3.63, 3.8) is 0 Å². The summed E-state index contributed by atoms with van der Waals surface area (Å²) in [4.78, 5) is 0.922. The van der Waals surface area contributed by atoms with E-state index >= 15 is 0 Å². The van der Waals surface area contributed by atoms with Crippen LogP contribution in [0.5, 0.6) is 0 Å². The highest BCUT2D eigenvalue weighted by Crippen LogP contribution is 2.30. The van der Waals surface area contributed by atoms with Gasteiger partial charge in [-0.1, -0.05) is 30.3 Å². The second-order valence-electron chi connectivity index (χ2n) is 3.45. The summed E-state index contributed by atoms with van der Waals surface area (Å²) in [5.41, 5.74) is 1.58. The normalized spacial score (nSPS) is 10.3. The first-order valence-corrected chi connectivity index (χ1v) is 7.50. The lowest BCUT2D eigenvalue weighted by Gasteiger charge is -1.92. The Morgan fingerprint density at radius 3 is 2.35 bits per heavy atom. The summed E-state index contributed by atoms with van der Waals surface area (Å²) >= 11 is 7.50. The van der Waals surface area contributed by atoms with Crippen molar-refractivity contribution in [2.24, 2.45) is 7.05 Å². The predicted octanol–water partition coefficient (Wildman–Crippen LogP) is 2.18. The molecule has 0 radical (unpaired) electrons. The zero-order chi connectivity index (χ0) is 15.3. The van der Waals surface area contributed by atoms with E-state index in [1.54, 1.807) is 3.96 Å². The number of benzene rings is 1. The van der Waals surface area contributed by atoms with Gasteiger partial charge in [-0.25, -0.2) is 8.42 Å². The lowest BCUT2D eigenvalue weighted by molar-refractivity contribution is -0.598. The Morgan fingerprint density at radius 1 is 1.40 bits per heavy atom. The van der Waals surface area contributed by atoms with Crippen LogP contribution >= 0.6 is 23.1 Å². The minimum atomic E-state index is -5.42. The Labute approximate surface area is 124 Å².